The molecule has 1 aliphatic rings. The van der Waals surface area contributed by atoms with E-state index in [9.17, 15) is 0 Å². The van der Waals surface area contributed by atoms with Gasteiger partial charge in [-0.2, -0.15) is 0 Å². The maximum Gasteiger partial charge on any atom is 0.231 e. The highest BCUT2D eigenvalue weighted by Gasteiger charge is 2.35. The van der Waals surface area contributed by atoms with Crippen molar-refractivity contribution in [1.82, 2.24) is 20.3 Å². The molecular formula is C32H24N4O4. The molecule has 2 N–H and O–H groups in total. The topological polar surface area (TPSA) is 102 Å². The van der Waals surface area contributed by atoms with E-state index in [2.05, 4.69) is 50.6 Å². The van der Waals surface area contributed by atoms with E-state index in [1.54, 1.807) is 0 Å². The van der Waals surface area contributed by atoms with Crippen LogP contribution in [-0.2, 0) is 0 Å². The zero-order valence-corrected chi connectivity index (χ0v) is 21.8. The van der Waals surface area contributed by atoms with Crippen LogP contribution in [0.4, 0.5) is 0 Å². The van der Waals surface area contributed by atoms with Crippen molar-refractivity contribution in [3.63, 3.8) is 0 Å². The summed E-state index contributed by atoms with van der Waals surface area (Å²) in [6.07, 6.45) is 0. The third-order valence-corrected chi connectivity index (χ3v) is 7.69. The Balaban J connectivity index is 1.50. The molecule has 0 saturated heterocycles. The molecule has 0 radical (unpaired) electrons. The molecule has 5 heterocycles. The van der Waals surface area contributed by atoms with Crippen LogP contribution < -0.4 is 9.47 Å². The monoisotopic (exact) mass is 528 g/mol. The SMILES string of the molecule is Cc1noc2c(C(c3ccc4c(c3)OCO4)c3c(-c4ccccc4)[nH]c4c(C)noc34)c(-c3ccccc3)[nH]c12. The fourth-order valence-electron chi connectivity index (χ4n) is 5.80. The van der Waals surface area contributed by atoms with E-state index in [1.165, 1.54) is 0 Å². The number of hydrogen-bond acceptors (Lipinski definition) is 6. The molecule has 3 aromatic carbocycles. The maximum atomic E-state index is 6.04. The van der Waals surface area contributed by atoms with Gasteiger partial charge >= 0.3 is 0 Å². The second-order valence-electron chi connectivity index (χ2n) is 10.0. The Hall–Kier alpha value is -5.24. The van der Waals surface area contributed by atoms with Crippen LogP contribution in [0.3, 0.4) is 0 Å². The van der Waals surface area contributed by atoms with Gasteiger partial charge in [0.2, 0.25) is 6.79 Å². The first-order valence-corrected chi connectivity index (χ1v) is 13.1. The minimum atomic E-state index is -0.345. The summed E-state index contributed by atoms with van der Waals surface area (Å²) in [4.78, 5) is 7.27. The fraction of sp³-hybridized carbons (Fsp3) is 0.125. The largest absolute Gasteiger partial charge is 0.454 e. The third-order valence-electron chi connectivity index (χ3n) is 7.69. The first-order chi connectivity index (χ1) is 19.7. The molecule has 0 bridgehead atoms. The van der Waals surface area contributed by atoms with E-state index < -0.39 is 0 Å². The number of aromatic amines is 2. The second-order valence-corrected chi connectivity index (χ2v) is 10.0. The molecule has 8 nitrogen and oxygen atoms in total. The number of nitrogens with zero attached hydrogens (tertiary/aromatic N) is 2. The Morgan fingerprint density at radius 2 is 1.18 bits per heavy atom. The Morgan fingerprint density at radius 3 is 1.73 bits per heavy atom. The summed E-state index contributed by atoms with van der Waals surface area (Å²) in [7, 11) is 0. The van der Waals surface area contributed by atoms with Gasteiger partial charge in [-0.25, -0.2) is 0 Å². The summed E-state index contributed by atoms with van der Waals surface area (Å²) >= 11 is 0. The molecule has 8 heteroatoms. The molecule has 4 aromatic heterocycles. The van der Waals surface area contributed by atoms with Crippen LogP contribution in [0.25, 0.3) is 44.7 Å². The van der Waals surface area contributed by atoms with E-state index in [0.717, 1.165) is 67.4 Å². The highest BCUT2D eigenvalue weighted by Crippen LogP contribution is 2.49. The van der Waals surface area contributed by atoms with E-state index in [-0.39, 0.29) is 12.7 Å². The van der Waals surface area contributed by atoms with E-state index in [1.807, 2.05) is 62.4 Å². The summed E-state index contributed by atoms with van der Waals surface area (Å²) in [5.74, 6) is 1.08. The molecule has 0 fully saturated rings. The van der Waals surface area contributed by atoms with Gasteiger partial charge in [0.15, 0.2) is 22.7 Å². The van der Waals surface area contributed by atoms with Crippen molar-refractivity contribution in [1.29, 1.82) is 0 Å². The van der Waals surface area contributed by atoms with Gasteiger partial charge in [0, 0.05) is 17.0 Å². The Bertz CT molecular complexity index is 1900. The van der Waals surface area contributed by atoms with Gasteiger partial charge in [-0.3, -0.25) is 0 Å². The molecule has 196 valence electrons. The smallest absolute Gasteiger partial charge is 0.231 e. The molecule has 0 unspecified atom stereocenters. The molecule has 0 atom stereocenters. The Morgan fingerprint density at radius 1 is 0.650 bits per heavy atom. The van der Waals surface area contributed by atoms with Crippen LogP contribution in [0.2, 0.25) is 0 Å². The number of aromatic nitrogens is 4. The van der Waals surface area contributed by atoms with Crippen LogP contribution >= 0.6 is 0 Å². The van der Waals surface area contributed by atoms with E-state index in [4.69, 9.17) is 18.5 Å². The van der Waals surface area contributed by atoms with Crippen molar-refractivity contribution in [3.8, 4) is 34.0 Å². The predicted octanol–water partition coefficient (Wildman–Crippen LogP) is 7.48. The lowest BCUT2D eigenvalue weighted by molar-refractivity contribution is 0.174. The molecule has 0 saturated carbocycles. The predicted molar refractivity (Wildman–Crippen MR) is 151 cm³/mol. The normalized spacial score (nSPS) is 12.8. The molecule has 7 aromatic rings. The number of aryl methyl sites for hydroxylation is 2. The highest BCUT2D eigenvalue weighted by atomic mass is 16.7. The molecule has 0 spiro atoms. The van der Waals surface area contributed by atoms with Crippen LogP contribution in [0, 0.1) is 13.8 Å². The minimum absolute atomic E-state index is 0.194. The van der Waals surface area contributed by atoms with Crippen molar-refractivity contribution in [2.24, 2.45) is 0 Å². The first-order valence-electron chi connectivity index (χ1n) is 13.1. The lowest BCUT2D eigenvalue weighted by Crippen LogP contribution is -2.06. The van der Waals surface area contributed by atoms with Gasteiger partial charge < -0.3 is 28.5 Å². The number of rotatable bonds is 5. The summed E-state index contributed by atoms with van der Waals surface area (Å²) in [5.41, 5.74) is 11.6. The number of fused-ring (bicyclic) bond motifs is 3. The van der Waals surface area contributed by atoms with Gasteiger partial charge in [-0.15, -0.1) is 0 Å². The zero-order chi connectivity index (χ0) is 26.8. The average molecular weight is 529 g/mol. The number of benzene rings is 3. The van der Waals surface area contributed by atoms with Crippen LogP contribution in [-0.4, -0.2) is 27.1 Å². The lowest BCUT2D eigenvalue weighted by Gasteiger charge is -2.20. The number of nitrogens with one attached hydrogen (secondary N) is 2. The van der Waals surface area contributed by atoms with Crippen LogP contribution in [0.15, 0.2) is 87.9 Å². The summed E-state index contributed by atoms with van der Waals surface area (Å²) in [5, 5.41) is 8.64. The van der Waals surface area contributed by atoms with Gasteiger partial charge in [0.1, 0.15) is 22.4 Å². The van der Waals surface area contributed by atoms with Gasteiger partial charge in [-0.1, -0.05) is 77.0 Å². The van der Waals surface area contributed by atoms with Crippen molar-refractivity contribution in [3.05, 3.63) is 107 Å². The lowest BCUT2D eigenvalue weighted by atomic mass is 9.82. The molecule has 8 rings (SSSR count). The molecule has 0 aliphatic carbocycles. The van der Waals surface area contributed by atoms with Crippen molar-refractivity contribution >= 4 is 22.2 Å². The summed E-state index contributed by atoms with van der Waals surface area (Å²) in [6, 6.07) is 26.6. The van der Waals surface area contributed by atoms with Crippen molar-refractivity contribution in [2.45, 2.75) is 19.8 Å². The van der Waals surface area contributed by atoms with Crippen LogP contribution in [0.5, 0.6) is 11.5 Å². The standard InChI is InChI=1S/C32H24N4O4/c1-17-27-31(39-35-17)25(29(33-27)19-9-5-3-6-10-19)24(21-13-14-22-23(15-21)38-16-37-22)26-30(20-11-7-4-8-12-20)34-28-18(2)36-40-32(26)28/h3-15,24,33-34H,16H2,1-2H3. The number of H-pyrrole nitrogens is 2. The van der Waals surface area contributed by atoms with Crippen molar-refractivity contribution < 1.29 is 18.5 Å². The van der Waals surface area contributed by atoms with Crippen LogP contribution in [0.1, 0.15) is 34.0 Å². The molecular weight excluding hydrogens is 504 g/mol. The fourth-order valence-corrected chi connectivity index (χ4v) is 5.80. The minimum Gasteiger partial charge on any atom is -0.454 e. The quantitative estimate of drug-likeness (QED) is 0.240. The van der Waals surface area contributed by atoms with Gasteiger partial charge in [-0.05, 0) is 42.7 Å². The maximum absolute atomic E-state index is 6.04. The highest BCUT2D eigenvalue weighted by molar-refractivity contribution is 5.94. The Kier molecular flexibility index (Phi) is 4.91. The molecule has 1 aliphatic heterocycles. The summed E-state index contributed by atoms with van der Waals surface area (Å²) < 4.78 is 23.6. The van der Waals surface area contributed by atoms with E-state index >= 15 is 0 Å². The average Bonchev–Trinajstić information content (AvgIpc) is 3.81. The molecule has 0 amide bonds. The molecule has 40 heavy (non-hydrogen) atoms. The van der Waals surface area contributed by atoms with Crippen molar-refractivity contribution in [2.75, 3.05) is 6.79 Å². The third kappa shape index (κ3) is 3.32. The van der Waals surface area contributed by atoms with Gasteiger partial charge in [0.25, 0.3) is 0 Å². The van der Waals surface area contributed by atoms with E-state index in [0.29, 0.717) is 16.9 Å². The summed E-state index contributed by atoms with van der Waals surface area (Å²) in [6.45, 7) is 4.08. The zero-order valence-electron chi connectivity index (χ0n) is 21.8. The second kappa shape index (κ2) is 8.64. The number of hydrogen-bond donors (Lipinski definition) is 2. The number of ether oxygens (including phenoxy) is 2. The Labute approximate surface area is 228 Å². The van der Waals surface area contributed by atoms with Gasteiger partial charge in [0.05, 0.1) is 11.4 Å². The first kappa shape index (κ1) is 22.7.